The van der Waals surface area contributed by atoms with Gasteiger partial charge >= 0.3 is 0 Å². The number of likely N-dealkylation sites (tertiary alicyclic amines) is 1. The van der Waals surface area contributed by atoms with Crippen LogP contribution in [0.4, 0.5) is 0 Å². The molecule has 2 heterocycles. The second kappa shape index (κ2) is 4.23. The first-order valence-electron chi connectivity index (χ1n) is 5.16. The molecule has 0 unspecified atom stereocenters. The number of thioether (sulfide) groups is 1. The predicted molar refractivity (Wildman–Crippen MR) is 59.6 cm³/mol. The van der Waals surface area contributed by atoms with Gasteiger partial charge in [0.15, 0.2) is 0 Å². The van der Waals surface area contributed by atoms with Gasteiger partial charge < -0.3 is 15.7 Å². The van der Waals surface area contributed by atoms with Gasteiger partial charge in [0.05, 0.1) is 25.7 Å². The first-order valence-corrected chi connectivity index (χ1v) is 6.14. The van der Waals surface area contributed by atoms with E-state index in [1.807, 2.05) is 0 Å². The van der Waals surface area contributed by atoms with Gasteiger partial charge in [-0.1, -0.05) is 0 Å². The first-order chi connectivity index (χ1) is 7.56. The van der Waals surface area contributed by atoms with Gasteiger partial charge in [0, 0.05) is 12.2 Å². The summed E-state index contributed by atoms with van der Waals surface area (Å²) < 4.78 is 0. The van der Waals surface area contributed by atoms with Crippen LogP contribution >= 0.6 is 11.8 Å². The second-order valence-electron chi connectivity index (χ2n) is 4.13. The van der Waals surface area contributed by atoms with E-state index in [2.05, 4.69) is 5.32 Å². The lowest BCUT2D eigenvalue weighted by atomic mass is 10.1. The van der Waals surface area contributed by atoms with Crippen molar-refractivity contribution in [2.45, 2.75) is 17.3 Å². The first kappa shape index (κ1) is 11.7. The molecule has 0 aromatic carbocycles. The van der Waals surface area contributed by atoms with Gasteiger partial charge in [0.2, 0.25) is 11.8 Å². The molecule has 1 atom stereocenters. The summed E-state index contributed by atoms with van der Waals surface area (Å²) >= 11 is 1.64. The fraction of sp³-hybridized carbons (Fsp3) is 0.778. The molecule has 90 valence electrons. The number of hydrogen-bond donors (Lipinski definition) is 3. The molecule has 0 aromatic heterocycles. The van der Waals surface area contributed by atoms with Crippen LogP contribution in [0.3, 0.4) is 0 Å². The number of carbonyl (C=O) groups excluding carboxylic acids is 2. The fourth-order valence-corrected chi connectivity index (χ4v) is 3.43. The topological polar surface area (TPSA) is 95.7 Å². The maximum atomic E-state index is 11.4. The SMILES string of the molecule is NC(=O)[C@@H]1CSC2(CN(C(=O)CCO)C2)N1. The normalized spacial score (nSPS) is 26.8. The third-order valence-electron chi connectivity index (χ3n) is 2.88. The highest BCUT2D eigenvalue weighted by atomic mass is 32.2. The lowest BCUT2D eigenvalue weighted by molar-refractivity contribution is -0.137. The van der Waals surface area contributed by atoms with E-state index in [1.54, 1.807) is 16.7 Å². The zero-order chi connectivity index (χ0) is 11.8. The minimum absolute atomic E-state index is 0.0435. The Morgan fingerprint density at radius 3 is 2.75 bits per heavy atom. The van der Waals surface area contributed by atoms with Gasteiger partial charge in [0.25, 0.3) is 0 Å². The molecule has 0 bridgehead atoms. The van der Waals surface area contributed by atoms with E-state index in [9.17, 15) is 9.59 Å². The number of nitrogens with two attached hydrogens (primary N) is 1. The van der Waals surface area contributed by atoms with Crippen molar-refractivity contribution in [3.8, 4) is 0 Å². The van der Waals surface area contributed by atoms with Crippen LogP contribution in [0.25, 0.3) is 0 Å². The summed E-state index contributed by atoms with van der Waals surface area (Å²) in [6.07, 6.45) is 0.167. The Morgan fingerprint density at radius 1 is 1.56 bits per heavy atom. The minimum Gasteiger partial charge on any atom is -0.396 e. The van der Waals surface area contributed by atoms with Crippen molar-refractivity contribution in [3.05, 3.63) is 0 Å². The number of carbonyl (C=O) groups is 2. The largest absolute Gasteiger partial charge is 0.396 e. The molecule has 2 fully saturated rings. The molecule has 16 heavy (non-hydrogen) atoms. The van der Waals surface area contributed by atoms with Crippen molar-refractivity contribution >= 4 is 23.6 Å². The number of rotatable bonds is 3. The zero-order valence-corrected chi connectivity index (χ0v) is 9.63. The Kier molecular flexibility index (Phi) is 3.09. The van der Waals surface area contributed by atoms with Crippen LogP contribution in [0.2, 0.25) is 0 Å². The number of amides is 2. The maximum absolute atomic E-state index is 11.4. The van der Waals surface area contributed by atoms with Crippen LogP contribution in [0.15, 0.2) is 0 Å². The highest BCUT2D eigenvalue weighted by Gasteiger charge is 2.51. The van der Waals surface area contributed by atoms with E-state index in [0.717, 1.165) is 0 Å². The fourth-order valence-electron chi connectivity index (χ4n) is 1.98. The number of nitrogens with zero attached hydrogens (tertiary/aromatic N) is 1. The lowest BCUT2D eigenvalue weighted by Gasteiger charge is -2.47. The summed E-state index contributed by atoms with van der Waals surface area (Å²) in [4.78, 5) is 23.9. The summed E-state index contributed by atoms with van der Waals surface area (Å²) in [5.41, 5.74) is 5.21. The van der Waals surface area contributed by atoms with Crippen molar-refractivity contribution in [2.75, 3.05) is 25.4 Å². The van der Waals surface area contributed by atoms with Crippen LogP contribution in [0.1, 0.15) is 6.42 Å². The van der Waals surface area contributed by atoms with Crippen molar-refractivity contribution in [3.63, 3.8) is 0 Å². The molecule has 6 nitrogen and oxygen atoms in total. The average Bonchev–Trinajstić information content (AvgIpc) is 2.60. The molecule has 4 N–H and O–H groups in total. The molecule has 2 amide bonds. The zero-order valence-electron chi connectivity index (χ0n) is 8.81. The van der Waals surface area contributed by atoms with Crippen LogP contribution in [-0.2, 0) is 9.59 Å². The van der Waals surface area contributed by atoms with Gasteiger partial charge in [-0.3, -0.25) is 14.9 Å². The Balaban J connectivity index is 1.84. The average molecular weight is 245 g/mol. The van der Waals surface area contributed by atoms with Crippen LogP contribution < -0.4 is 11.1 Å². The molecule has 0 aromatic rings. The lowest BCUT2D eigenvalue weighted by Crippen LogP contribution is -2.68. The van der Waals surface area contributed by atoms with Gasteiger partial charge in [-0.15, -0.1) is 11.8 Å². The van der Waals surface area contributed by atoms with Crippen LogP contribution in [0.5, 0.6) is 0 Å². The molecule has 2 aliphatic heterocycles. The quantitative estimate of drug-likeness (QED) is 0.539. The van der Waals surface area contributed by atoms with Crippen molar-refractivity contribution in [1.82, 2.24) is 10.2 Å². The minimum atomic E-state index is -0.343. The van der Waals surface area contributed by atoms with Gasteiger partial charge in [0.1, 0.15) is 4.87 Å². The molecule has 0 radical (unpaired) electrons. The molecule has 1 spiro atoms. The molecular formula is C9H15N3O3S. The van der Waals surface area contributed by atoms with E-state index in [-0.39, 0.29) is 35.8 Å². The summed E-state index contributed by atoms with van der Waals surface area (Å²) in [7, 11) is 0. The number of aliphatic hydroxyl groups excluding tert-OH is 1. The summed E-state index contributed by atoms with van der Waals surface area (Å²) in [5, 5.41) is 11.8. The number of aliphatic hydroxyl groups is 1. The summed E-state index contributed by atoms with van der Waals surface area (Å²) in [6.45, 7) is 1.05. The Labute approximate surface area is 97.5 Å². The van der Waals surface area contributed by atoms with Crippen molar-refractivity contribution < 1.29 is 14.7 Å². The van der Waals surface area contributed by atoms with E-state index < -0.39 is 0 Å². The Hall–Kier alpha value is -0.790. The summed E-state index contributed by atoms with van der Waals surface area (Å²) in [6, 6.07) is -0.292. The van der Waals surface area contributed by atoms with E-state index in [0.29, 0.717) is 18.8 Å². The Bertz CT molecular complexity index is 317. The van der Waals surface area contributed by atoms with Crippen LogP contribution in [-0.4, -0.2) is 58.2 Å². The number of hydrogen-bond acceptors (Lipinski definition) is 5. The van der Waals surface area contributed by atoms with E-state index in [1.165, 1.54) is 0 Å². The highest BCUT2D eigenvalue weighted by molar-refractivity contribution is 8.01. The molecule has 2 rings (SSSR count). The number of primary amides is 1. The standard InChI is InChI=1S/C9H15N3O3S/c10-8(15)6-3-16-9(11-6)4-12(5-9)7(14)1-2-13/h6,11,13H,1-5H2,(H2,10,15)/t6-/m0/s1. The highest BCUT2D eigenvalue weighted by Crippen LogP contribution is 2.38. The molecule has 2 saturated heterocycles. The van der Waals surface area contributed by atoms with E-state index in [4.69, 9.17) is 10.8 Å². The number of nitrogens with one attached hydrogen (secondary N) is 1. The smallest absolute Gasteiger partial charge is 0.235 e. The maximum Gasteiger partial charge on any atom is 0.235 e. The molecule has 7 heteroatoms. The van der Waals surface area contributed by atoms with Crippen LogP contribution in [0, 0.1) is 0 Å². The molecular weight excluding hydrogens is 230 g/mol. The van der Waals surface area contributed by atoms with E-state index >= 15 is 0 Å². The van der Waals surface area contributed by atoms with Gasteiger partial charge in [-0.05, 0) is 0 Å². The van der Waals surface area contributed by atoms with Gasteiger partial charge in [-0.25, -0.2) is 0 Å². The predicted octanol–water partition coefficient (Wildman–Crippen LogP) is -1.90. The van der Waals surface area contributed by atoms with Gasteiger partial charge in [-0.2, -0.15) is 0 Å². The molecule has 2 aliphatic rings. The van der Waals surface area contributed by atoms with Crippen molar-refractivity contribution in [2.24, 2.45) is 5.73 Å². The second-order valence-corrected chi connectivity index (χ2v) is 5.53. The molecule has 0 saturated carbocycles. The third kappa shape index (κ3) is 2.02. The third-order valence-corrected chi connectivity index (χ3v) is 4.31. The monoisotopic (exact) mass is 245 g/mol. The molecule has 0 aliphatic carbocycles. The summed E-state index contributed by atoms with van der Waals surface area (Å²) in [5.74, 6) is 0.278. The Morgan fingerprint density at radius 2 is 2.25 bits per heavy atom. The van der Waals surface area contributed by atoms with Crippen molar-refractivity contribution in [1.29, 1.82) is 0 Å².